The molecule has 0 heterocycles. The van der Waals surface area contributed by atoms with Crippen LogP contribution in [0.15, 0.2) is 35.8 Å². The van der Waals surface area contributed by atoms with Crippen molar-refractivity contribution < 1.29 is 10.2 Å². The van der Waals surface area contributed by atoms with Crippen molar-refractivity contribution in [2.45, 2.75) is 27.7 Å². The minimum atomic E-state index is -0.0556. The van der Waals surface area contributed by atoms with Crippen LogP contribution in [0.4, 0.5) is 0 Å². The van der Waals surface area contributed by atoms with Crippen molar-refractivity contribution in [3.63, 3.8) is 0 Å². The predicted octanol–water partition coefficient (Wildman–Crippen LogP) is 3.49. The molecule has 0 aromatic rings. The topological polar surface area (TPSA) is 40.5 Å². The lowest BCUT2D eigenvalue weighted by Gasteiger charge is -2.11. The van der Waals surface area contributed by atoms with Gasteiger partial charge in [0, 0.05) is 0 Å². The molecule has 0 radical (unpaired) electrons. The number of allylic oxidation sites excluding steroid dienone is 4. The first-order chi connectivity index (χ1) is 5.85. The monoisotopic (exact) mass is 182 g/mol. The first-order valence-corrected chi connectivity index (χ1v) is 4.30. The lowest BCUT2D eigenvalue weighted by atomic mass is 9.96. The van der Waals surface area contributed by atoms with Gasteiger partial charge in [-0.15, -0.1) is 0 Å². The van der Waals surface area contributed by atoms with Crippen LogP contribution < -0.4 is 0 Å². The fourth-order valence-electron chi connectivity index (χ4n) is 0.759. The maximum Gasteiger partial charge on any atom is 0.112 e. The molecule has 0 aliphatic rings. The van der Waals surface area contributed by atoms with E-state index in [9.17, 15) is 5.11 Å². The summed E-state index contributed by atoms with van der Waals surface area (Å²) in [6.07, 6.45) is 6.21. The zero-order chi connectivity index (χ0) is 10.5. The van der Waals surface area contributed by atoms with Crippen LogP contribution in [0.3, 0.4) is 0 Å². The summed E-state index contributed by atoms with van der Waals surface area (Å²) < 4.78 is 0. The summed E-state index contributed by atoms with van der Waals surface area (Å²) in [6, 6.07) is 0. The molecule has 0 aliphatic heterocycles. The maximum atomic E-state index is 9.37. The Morgan fingerprint density at radius 3 is 1.85 bits per heavy atom. The van der Waals surface area contributed by atoms with Crippen LogP contribution in [0.1, 0.15) is 27.7 Å². The number of hydrogen-bond acceptors (Lipinski definition) is 2. The molecule has 0 aromatic heterocycles. The van der Waals surface area contributed by atoms with E-state index in [4.69, 9.17) is 5.11 Å². The van der Waals surface area contributed by atoms with E-state index in [1.807, 2.05) is 20.8 Å². The van der Waals surface area contributed by atoms with Crippen molar-refractivity contribution in [3.8, 4) is 0 Å². The fourth-order valence-corrected chi connectivity index (χ4v) is 0.759. The molecular weight excluding hydrogens is 164 g/mol. The lowest BCUT2D eigenvalue weighted by Crippen LogP contribution is -2.00. The van der Waals surface area contributed by atoms with Crippen LogP contribution in [0.25, 0.3) is 0 Å². The highest BCUT2D eigenvalue weighted by Crippen LogP contribution is 2.17. The molecule has 2 N–H and O–H groups in total. The third kappa shape index (κ3) is 7.19. The molecule has 0 saturated heterocycles. The molecule has 0 bridgehead atoms. The van der Waals surface area contributed by atoms with Gasteiger partial charge in [-0.25, -0.2) is 0 Å². The Labute approximate surface area is 79.9 Å². The second kappa shape index (κ2) is 4.75. The van der Waals surface area contributed by atoms with Crippen LogP contribution in [0.5, 0.6) is 0 Å². The van der Waals surface area contributed by atoms with Gasteiger partial charge in [0.15, 0.2) is 0 Å². The third-order valence-corrected chi connectivity index (χ3v) is 1.30. The molecule has 0 fully saturated rings. The zero-order valence-corrected chi connectivity index (χ0v) is 8.70. The molecule has 0 unspecified atom stereocenters. The standard InChI is InChI=1S/C11H18O2/c1-5-9(12)6-7-10(13)8-11(2,3)4/h5-8,12-13H,1-4H3/b7-6-,9-5+,10-8-. The highest BCUT2D eigenvalue weighted by atomic mass is 16.3. The zero-order valence-electron chi connectivity index (χ0n) is 8.70. The fraction of sp³-hybridized carbons (Fsp3) is 0.455. The molecule has 0 spiro atoms. The quantitative estimate of drug-likeness (QED) is 0.507. The van der Waals surface area contributed by atoms with Gasteiger partial charge in [-0.2, -0.15) is 0 Å². The van der Waals surface area contributed by atoms with Gasteiger partial charge in [0.05, 0.1) is 0 Å². The van der Waals surface area contributed by atoms with Gasteiger partial charge >= 0.3 is 0 Å². The summed E-state index contributed by atoms with van der Waals surface area (Å²) in [7, 11) is 0. The largest absolute Gasteiger partial charge is 0.508 e. The smallest absolute Gasteiger partial charge is 0.112 e. The van der Waals surface area contributed by atoms with Crippen LogP contribution in [-0.4, -0.2) is 10.2 Å². The SMILES string of the molecule is C\C=C(O)/C=C\C(O)=C\C(C)(C)C. The Hall–Kier alpha value is -1.18. The Kier molecular flexibility index (Phi) is 4.32. The van der Waals surface area contributed by atoms with Gasteiger partial charge in [0.1, 0.15) is 11.5 Å². The van der Waals surface area contributed by atoms with Crippen molar-refractivity contribution in [1.82, 2.24) is 0 Å². The van der Waals surface area contributed by atoms with Crippen molar-refractivity contribution in [3.05, 3.63) is 35.8 Å². The molecule has 0 aliphatic carbocycles. The van der Waals surface area contributed by atoms with E-state index < -0.39 is 0 Å². The minimum Gasteiger partial charge on any atom is -0.508 e. The average Bonchev–Trinajstić information content (AvgIpc) is 1.97. The van der Waals surface area contributed by atoms with Gasteiger partial charge in [-0.1, -0.05) is 20.8 Å². The lowest BCUT2D eigenvalue weighted by molar-refractivity contribution is 0.406. The number of hydrogen-bond donors (Lipinski definition) is 2. The Morgan fingerprint density at radius 1 is 1.00 bits per heavy atom. The van der Waals surface area contributed by atoms with Gasteiger partial charge in [0.2, 0.25) is 0 Å². The van der Waals surface area contributed by atoms with E-state index in [1.54, 1.807) is 19.1 Å². The summed E-state index contributed by atoms with van der Waals surface area (Å²) in [5.41, 5.74) is -0.0556. The molecule has 2 nitrogen and oxygen atoms in total. The highest BCUT2D eigenvalue weighted by Gasteiger charge is 2.05. The summed E-state index contributed by atoms with van der Waals surface area (Å²) in [5, 5.41) is 18.4. The molecule has 13 heavy (non-hydrogen) atoms. The first-order valence-electron chi connectivity index (χ1n) is 4.30. The molecule has 0 saturated carbocycles. The predicted molar refractivity (Wildman–Crippen MR) is 55.7 cm³/mol. The molecule has 0 rings (SSSR count). The van der Waals surface area contributed by atoms with E-state index in [1.165, 1.54) is 12.2 Å². The molecule has 0 aromatic carbocycles. The van der Waals surface area contributed by atoms with Crippen LogP contribution >= 0.6 is 0 Å². The van der Waals surface area contributed by atoms with Crippen molar-refractivity contribution in [2.75, 3.05) is 0 Å². The summed E-state index contributed by atoms with van der Waals surface area (Å²) in [4.78, 5) is 0. The van der Waals surface area contributed by atoms with E-state index in [0.717, 1.165) is 0 Å². The second-order valence-corrected chi connectivity index (χ2v) is 3.98. The molecule has 0 atom stereocenters. The molecule has 0 amide bonds. The highest BCUT2D eigenvalue weighted by molar-refractivity contribution is 5.20. The summed E-state index contributed by atoms with van der Waals surface area (Å²) in [5.74, 6) is 0.315. The Balaban J connectivity index is 4.39. The van der Waals surface area contributed by atoms with Crippen LogP contribution in [0.2, 0.25) is 0 Å². The first kappa shape index (κ1) is 11.8. The van der Waals surface area contributed by atoms with E-state index in [0.29, 0.717) is 0 Å². The van der Waals surface area contributed by atoms with Gasteiger partial charge in [-0.3, -0.25) is 0 Å². The van der Waals surface area contributed by atoms with Gasteiger partial charge < -0.3 is 10.2 Å². The third-order valence-electron chi connectivity index (χ3n) is 1.30. The summed E-state index contributed by atoms with van der Waals surface area (Å²) in [6.45, 7) is 7.70. The molecule has 2 heteroatoms. The maximum absolute atomic E-state index is 9.37. The second-order valence-electron chi connectivity index (χ2n) is 3.98. The average molecular weight is 182 g/mol. The minimum absolute atomic E-state index is 0.0556. The molecular formula is C11H18O2. The molecule has 74 valence electrons. The van der Waals surface area contributed by atoms with Crippen molar-refractivity contribution in [1.29, 1.82) is 0 Å². The Morgan fingerprint density at radius 2 is 1.46 bits per heavy atom. The van der Waals surface area contributed by atoms with Crippen molar-refractivity contribution in [2.24, 2.45) is 5.41 Å². The normalized spacial score (nSPS) is 15.4. The Bertz CT molecular complexity index is 239. The van der Waals surface area contributed by atoms with Gasteiger partial charge in [0.25, 0.3) is 0 Å². The van der Waals surface area contributed by atoms with Crippen LogP contribution in [-0.2, 0) is 0 Å². The van der Waals surface area contributed by atoms with E-state index in [2.05, 4.69) is 0 Å². The summed E-state index contributed by atoms with van der Waals surface area (Å²) >= 11 is 0. The van der Waals surface area contributed by atoms with Crippen molar-refractivity contribution >= 4 is 0 Å². The van der Waals surface area contributed by atoms with Gasteiger partial charge in [-0.05, 0) is 36.6 Å². The number of rotatable bonds is 2. The number of aliphatic hydroxyl groups is 2. The number of aliphatic hydroxyl groups excluding tert-OH is 2. The van der Waals surface area contributed by atoms with Crippen LogP contribution in [0, 0.1) is 5.41 Å². The van der Waals surface area contributed by atoms with E-state index in [-0.39, 0.29) is 16.9 Å². The van der Waals surface area contributed by atoms with E-state index >= 15 is 0 Å².